The second-order valence-electron chi connectivity index (χ2n) is 3.89. The SMILES string of the molecule is CC(C)C1CNC=[N+]1C(C)C. The molecule has 1 N–H and O–H groups in total. The van der Waals surface area contributed by atoms with Gasteiger partial charge in [-0.3, -0.25) is 9.89 Å². The van der Waals surface area contributed by atoms with Gasteiger partial charge in [-0.2, -0.15) is 0 Å². The van der Waals surface area contributed by atoms with Gasteiger partial charge in [-0.1, -0.05) is 13.8 Å². The first-order valence-corrected chi connectivity index (χ1v) is 4.47. The van der Waals surface area contributed by atoms with Gasteiger partial charge in [0.25, 0.3) is 0 Å². The van der Waals surface area contributed by atoms with Crippen LogP contribution in [0.15, 0.2) is 0 Å². The molecule has 64 valence electrons. The van der Waals surface area contributed by atoms with Crippen molar-refractivity contribution in [2.24, 2.45) is 5.92 Å². The summed E-state index contributed by atoms with van der Waals surface area (Å²) in [5.74, 6) is 0.739. The Balaban J connectivity index is 2.63. The van der Waals surface area contributed by atoms with Crippen molar-refractivity contribution in [2.45, 2.75) is 39.8 Å². The van der Waals surface area contributed by atoms with E-state index in [1.165, 1.54) is 0 Å². The van der Waals surface area contributed by atoms with E-state index in [0.29, 0.717) is 12.1 Å². The summed E-state index contributed by atoms with van der Waals surface area (Å²) < 4.78 is 2.41. The zero-order valence-electron chi connectivity index (χ0n) is 7.96. The van der Waals surface area contributed by atoms with E-state index in [1.807, 2.05) is 0 Å². The van der Waals surface area contributed by atoms with Crippen molar-refractivity contribution in [3.8, 4) is 0 Å². The van der Waals surface area contributed by atoms with Crippen LogP contribution in [0.2, 0.25) is 0 Å². The molecule has 2 nitrogen and oxygen atoms in total. The van der Waals surface area contributed by atoms with Crippen LogP contribution in [0, 0.1) is 5.92 Å². The van der Waals surface area contributed by atoms with Crippen molar-refractivity contribution in [1.82, 2.24) is 5.32 Å². The average molecular weight is 155 g/mol. The molecule has 0 aromatic rings. The smallest absolute Gasteiger partial charge is 0.232 e. The summed E-state index contributed by atoms with van der Waals surface area (Å²) in [5.41, 5.74) is 0. The van der Waals surface area contributed by atoms with Crippen molar-refractivity contribution < 1.29 is 4.58 Å². The van der Waals surface area contributed by atoms with Crippen molar-refractivity contribution in [3.63, 3.8) is 0 Å². The molecule has 0 radical (unpaired) electrons. The Morgan fingerprint density at radius 3 is 2.36 bits per heavy atom. The summed E-state index contributed by atoms with van der Waals surface area (Å²) in [6.07, 6.45) is 2.12. The Morgan fingerprint density at radius 2 is 2.00 bits per heavy atom. The molecule has 2 heteroatoms. The van der Waals surface area contributed by atoms with Gasteiger partial charge in [-0.15, -0.1) is 0 Å². The molecule has 0 saturated heterocycles. The molecular weight excluding hydrogens is 136 g/mol. The van der Waals surface area contributed by atoms with Gasteiger partial charge in [0.15, 0.2) is 0 Å². The lowest BCUT2D eigenvalue weighted by Crippen LogP contribution is -2.34. The summed E-state index contributed by atoms with van der Waals surface area (Å²) in [6, 6.07) is 1.31. The third-order valence-corrected chi connectivity index (χ3v) is 2.32. The first kappa shape index (κ1) is 8.57. The molecule has 0 aromatic heterocycles. The van der Waals surface area contributed by atoms with E-state index in [-0.39, 0.29) is 0 Å². The van der Waals surface area contributed by atoms with Gasteiger partial charge < -0.3 is 0 Å². The number of hydrogen-bond acceptors (Lipinski definition) is 1. The minimum atomic E-state index is 0.623. The van der Waals surface area contributed by atoms with Crippen LogP contribution in [0.4, 0.5) is 0 Å². The first-order valence-electron chi connectivity index (χ1n) is 4.47. The zero-order chi connectivity index (χ0) is 8.43. The van der Waals surface area contributed by atoms with Crippen LogP contribution in [-0.4, -0.2) is 29.5 Å². The molecule has 0 bridgehead atoms. The van der Waals surface area contributed by atoms with Crippen molar-refractivity contribution in [2.75, 3.05) is 6.54 Å². The van der Waals surface area contributed by atoms with Crippen LogP contribution in [0.25, 0.3) is 0 Å². The summed E-state index contributed by atoms with van der Waals surface area (Å²) in [6.45, 7) is 10.1. The second-order valence-corrected chi connectivity index (χ2v) is 3.89. The summed E-state index contributed by atoms with van der Waals surface area (Å²) in [4.78, 5) is 0. The third kappa shape index (κ3) is 1.73. The highest BCUT2D eigenvalue weighted by atomic mass is 15.2. The number of rotatable bonds is 2. The van der Waals surface area contributed by atoms with E-state index in [1.54, 1.807) is 0 Å². The summed E-state index contributed by atoms with van der Waals surface area (Å²) in [7, 11) is 0. The van der Waals surface area contributed by atoms with Crippen molar-refractivity contribution in [1.29, 1.82) is 0 Å². The highest BCUT2D eigenvalue weighted by Crippen LogP contribution is 2.10. The molecule has 1 aliphatic heterocycles. The van der Waals surface area contributed by atoms with Gasteiger partial charge in [0.05, 0.1) is 6.04 Å². The van der Waals surface area contributed by atoms with E-state index in [0.717, 1.165) is 12.5 Å². The Kier molecular flexibility index (Phi) is 2.53. The molecule has 1 rings (SSSR count). The topological polar surface area (TPSA) is 15.0 Å². The molecule has 0 amide bonds. The molecule has 0 spiro atoms. The maximum absolute atomic E-state index is 3.29. The molecule has 11 heavy (non-hydrogen) atoms. The number of nitrogens with one attached hydrogen (secondary N) is 1. The van der Waals surface area contributed by atoms with Gasteiger partial charge in [-0.05, 0) is 19.8 Å². The minimum Gasteiger partial charge on any atom is -0.277 e. The maximum Gasteiger partial charge on any atom is 0.232 e. The predicted octanol–water partition coefficient (Wildman–Crippen LogP) is 1.06. The van der Waals surface area contributed by atoms with Crippen LogP contribution in [0.1, 0.15) is 27.7 Å². The predicted molar refractivity (Wildman–Crippen MR) is 48.1 cm³/mol. The monoisotopic (exact) mass is 155 g/mol. The highest BCUT2D eigenvalue weighted by molar-refractivity contribution is 5.50. The Morgan fingerprint density at radius 1 is 1.36 bits per heavy atom. The summed E-state index contributed by atoms with van der Waals surface area (Å²) in [5, 5.41) is 3.29. The second kappa shape index (κ2) is 3.24. The normalized spacial score (nSPS) is 24.2. The fourth-order valence-electron chi connectivity index (χ4n) is 1.59. The van der Waals surface area contributed by atoms with Crippen LogP contribution in [-0.2, 0) is 0 Å². The average Bonchev–Trinajstić information content (AvgIpc) is 2.32. The third-order valence-electron chi connectivity index (χ3n) is 2.32. The lowest BCUT2D eigenvalue weighted by atomic mass is 10.0. The minimum absolute atomic E-state index is 0.623. The van der Waals surface area contributed by atoms with Crippen LogP contribution < -0.4 is 5.32 Å². The molecular formula is C9H19N2+. The molecule has 0 fully saturated rings. The van der Waals surface area contributed by atoms with Crippen molar-refractivity contribution in [3.05, 3.63) is 0 Å². The molecule has 1 unspecified atom stereocenters. The van der Waals surface area contributed by atoms with E-state index in [9.17, 15) is 0 Å². The molecule has 1 heterocycles. The Labute approximate surface area is 69.3 Å². The lowest BCUT2D eigenvalue weighted by molar-refractivity contribution is -0.587. The van der Waals surface area contributed by atoms with E-state index >= 15 is 0 Å². The molecule has 0 saturated carbocycles. The first-order chi connectivity index (χ1) is 5.13. The van der Waals surface area contributed by atoms with E-state index < -0.39 is 0 Å². The fraction of sp³-hybridized carbons (Fsp3) is 0.889. The Bertz CT molecular complexity index is 159. The van der Waals surface area contributed by atoms with Gasteiger partial charge in [0, 0.05) is 0 Å². The quantitative estimate of drug-likeness (QED) is 0.589. The largest absolute Gasteiger partial charge is 0.277 e. The van der Waals surface area contributed by atoms with Crippen LogP contribution in [0.5, 0.6) is 0 Å². The highest BCUT2D eigenvalue weighted by Gasteiger charge is 2.28. The fourth-order valence-corrected chi connectivity index (χ4v) is 1.59. The van der Waals surface area contributed by atoms with Crippen LogP contribution in [0.3, 0.4) is 0 Å². The molecule has 0 aromatic carbocycles. The van der Waals surface area contributed by atoms with Gasteiger partial charge in [0.1, 0.15) is 12.6 Å². The maximum atomic E-state index is 3.29. The van der Waals surface area contributed by atoms with E-state index in [4.69, 9.17) is 0 Å². The number of hydrogen-bond donors (Lipinski definition) is 1. The standard InChI is InChI=1S/C9H18N2/c1-7(2)9-5-10-6-11(9)8(3)4/h6-9H,5H2,1-4H3/p+1. The van der Waals surface area contributed by atoms with E-state index in [2.05, 4.69) is 43.9 Å². The Hall–Kier alpha value is -0.530. The zero-order valence-corrected chi connectivity index (χ0v) is 7.96. The lowest BCUT2D eigenvalue weighted by Gasteiger charge is -2.17. The molecule has 0 aliphatic carbocycles. The number of nitrogens with zero attached hydrogens (tertiary/aromatic N) is 1. The molecule has 1 aliphatic rings. The van der Waals surface area contributed by atoms with Gasteiger partial charge in [0.2, 0.25) is 6.34 Å². The molecule has 1 atom stereocenters. The summed E-state index contributed by atoms with van der Waals surface area (Å²) >= 11 is 0. The van der Waals surface area contributed by atoms with Gasteiger partial charge >= 0.3 is 0 Å². The van der Waals surface area contributed by atoms with Crippen LogP contribution >= 0.6 is 0 Å². The van der Waals surface area contributed by atoms with Gasteiger partial charge in [-0.25, -0.2) is 0 Å². The van der Waals surface area contributed by atoms with Crippen molar-refractivity contribution >= 4 is 6.34 Å².